The molecular weight excluding hydrogens is 338 g/mol. The molecule has 6 nitrogen and oxygen atoms in total. The van der Waals surface area contributed by atoms with Crippen LogP contribution < -0.4 is 4.72 Å². The first-order valence-corrected chi connectivity index (χ1v) is 8.10. The highest BCUT2D eigenvalue weighted by atomic mass is 79.9. The zero-order chi connectivity index (χ0) is 14.6. The Morgan fingerprint density at radius 1 is 1.58 bits per heavy atom. The maximum atomic E-state index is 12.1. The van der Waals surface area contributed by atoms with Gasteiger partial charge in [-0.2, -0.15) is 0 Å². The van der Waals surface area contributed by atoms with Crippen LogP contribution in [0.2, 0.25) is 0 Å². The monoisotopic (exact) mass is 353 g/mol. The Bertz CT molecular complexity index is 551. The van der Waals surface area contributed by atoms with Gasteiger partial charge in [-0.05, 0) is 29.3 Å². The molecule has 1 atom stereocenters. The summed E-state index contributed by atoms with van der Waals surface area (Å²) < 4.78 is 31.3. The van der Waals surface area contributed by atoms with Crippen molar-refractivity contribution in [1.29, 1.82) is 0 Å². The van der Waals surface area contributed by atoms with Gasteiger partial charge in [-0.15, -0.1) is 0 Å². The van der Waals surface area contributed by atoms with Crippen LogP contribution in [0.25, 0.3) is 0 Å². The second-order valence-corrected chi connectivity index (χ2v) is 6.62. The van der Waals surface area contributed by atoms with Gasteiger partial charge in [-0.1, -0.05) is 19.8 Å². The van der Waals surface area contributed by atoms with E-state index in [0.29, 0.717) is 0 Å². The zero-order valence-electron chi connectivity index (χ0n) is 10.6. The van der Waals surface area contributed by atoms with Crippen LogP contribution in [0.5, 0.6) is 0 Å². The SMILES string of the molecule is CCCCC(C)NS(=O)(=O)c1cc(C(=O)O)oc1Br. The number of rotatable bonds is 7. The van der Waals surface area contributed by atoms with Crippen LogP contribution in [-0.4, -0.2) is 25.5 Å². The smallest absolute Gasteiger partial charge is 0.371 e. The van der Waals surface area contributed by atoms with Crippen LogP contribution in [0.3, 0.4) is 0 Å². The number of halogens is 1. The van der Waals surface area contributed by atoms with Crippen LogP contribution in [-0.2, 0) is 10.0 Å². The average molecular weight is 354 g/mol. The maximum absolute atomic E-state index is 12.1. The van der Waals surface area contributed by atoms with Crippen molar-refractivity contribution in [2.75, 3.05) is 0 Å². The van der Waals surface area contributed by atoms with Crippen molar-refractivity contribution in [2.24, 2.45) is 0 Å². The molecular formula is C11H16BrNO5S. The molecule has 108 valence electrons. The van der Waals surface area contributed by atoms with Gasteiger partial charge in [0, 0.05) is 12.1 Å². The molecule has 1 rings (SSSR count). The van der Waals surface area contributed by atoms with Gasteiger partial charge in [-0.25, -0.2) is 17.9 Å². The number of carbonyl (C=O) groups is 1. The van der Waals surface area contributed by atoms with E-state index >= 15 is 0 Å². The minimum absolute atomic E-state index is 0.111. The fourth-order valence-corrected chi connectivity index (χ4v) is 3.76. The number of hydrogen-bond donors (Lipinski definition) is 2. The molecule has 0 amide bonds. The van der Waals surface area contributed by atoms with Crippen molar-refractivity contribution in [3.63, 3.8) is 0 Å². The molecule has 0 bridgehead atoms. The second kappa shape index (κ2) is 6.53. The fraction of sp³-hybridized carbons (Fsp3) is 0.545. The van der Waals surface area contributed by atoms with Gasteiger partial charge in [0.15, 0.2) is 4.67 Å². The number of carboxylic acid groups (broad SMARTS) is 1. The van der Waals surface area contributed by atoms with Gasteiger partial charge in [-0.3, -0.25) is 0 Å². The first kappa shape index (κ1) is 16.2. The summed E-state index contributed by atoms with van der Waals surface area (Å²) in [5, 5.41) is 8.76. The first-order valence-electron chi connectivity index (χ1n) is 5.83. The third-order valence-corrected chi connectivity index (χ3v) is 4.95. The van der Waals surface area contributed by atoms with Crippen LogP contribution in [0.15, 0.2) is 20.0 Å². The normalized spacial score (nSPS) is 13.4. The molecule has 19 heavy (non-hydrogen) atoms. The average Bonchev–Trinajstić information content (AvgIpc) is 2.69. The van der Waals surface area contributed by atoms with Crippen LogP contribution in [0.1, 0.15) is 43.7 Å². The highest BCUT2D eigenvalue weighted by Crippen LogP contribution is 2.26. The lowest BCUT2D eigenvalue weighted by Crippen LogP contribution is -2.32. The summed E-state index contributed by atoms with van der Waals surface area (Å²) in [6.45, 7) is 3.78. The Balaban J connectivity index is 2.91. The van der Waals surface area contributed by atoms with E-state index in [9.17, 15) is 13.2 Å². The second-order valence-electron chi connectivity index (χ2n) is 4.22. The summed E-state index contributed by atoms with van der Waals surface area (Å²) in [6.07, 6.45) is 2.61. The number of aromatic carboxylic acids is 1. The van der Waals surface area contributed by atoms with E-state index < -0.39 is 21.8 Å². The predicted octanol–water partition coefficient (Wildman–Crippen LogP) is 2.60. The molecule has 0 aromatic carbocycles. The lowest BCUT2D eigenvalue weighted by molar-refractivity contribution is 0.0661. The summed E-state index contributed by atoms with van der Waals surface area (Å²) in [7, 11) is -3.79. The number of furan rings is 1. The molecule has 0 saturated carbocycles. The van der Waals surface area contributed by atoms with Gasteiger partial charge in [0.1, 0.15) is 4.90 Å². The van der Waals surface area contributed by atoms with E-state index in [1.54, 1.807) is 6.92 Å². The molecule has 0 aliphatic heterocycles. The van der Waals surface area contributed by atoms with E-state index in [0.717, 1.165) is 25.3 Å². The number of nitrogens with one attached hydrogen (secondary N) is 1. The Morgan fingerprint density at radius 3 is 2.68 bits per heavy atom. The Morgan fingerprint density at radius 2 is 2.21 bits per heavy atom. The number of sulfonamides is 1. The minimum atomic E-state index is -3.79. The van der Waals surface area contributed by atoms with E-state index in [-0.39, 0.29) is 15.6 Å². The fourth-order valence-electron chi connectivity index (χ4n) is 1.54. The van der Waals surface area contributed by atoms with E-state index in [2.05, 4.69) is 20.7 Å². The molecule has 8 heteroatoms. The Labute approximate surface area is 120 Å². The van der Waals surface area contributed by atoms with Crippen molar-refractivity contribution >= 4 is 31.9 Å². The first-order chi connectivity index (χ1) is 8.77. The van der Waals surface area contributed by atoms with E-state index in [1.165, 1.54) is 0 Å². The molecule has 0 aliphatic carbocycles. The highest BCUT2D eigenvalue weighted by Gasteiger charge is 2.26. The van der Waals surface area contributed by atoms with Crippen LogP contribution in [0, 0.1) is 0 Å². The summed E-state index contributed by atoms with van der Waals surface area (Å²) in [5.41, 5.74) is 0. The molecule has 1 aromatic heterocycles. The van der Waals surface area contributed by atoms with Crippen molar-refractivity contribution in [1.82, 2.24) is 4.72 Å². The lowest BCUT2D eigenvalue weighted by Gasteiger charge is -2.12. The van der Waals surface area contributed by atoms with Gasteiger partial charge >= 0.3 is 5.97 Å². The summed E-state index contributed by atoms with van der Waals surface area (Å²) in [4.78, 5) is 10.5. The summed E-state index contributed by atoms with van der Waals surface area (Å²) in [5.74, 6) is -1.74. The number of unbranched alkanes of at least 4 members (excludes halogenated alkanes) is 1. The topological polar surface area (TPSA) is 96.6 Å². The summed E-state index contributed by atoms with van der Waals surface area (Å²) in [6, 6.07) is 0.765. The largest absolute Gasteiger partial charge is 0.475 e. The molecule has 1 unspecified atom stereocenters. The molecule has 1 aromatic rings. The van der Waals surface area contributed by atoms with Crippen LogP contribution >= 0.6 is 15.9 Å². The quantitative estimate of drug-likeness (QED) is 0.785. The Kier molecular flexibility index (Phi) is 5.57. The number of carboxylic acids is 1. The Hall–Kier alpha value is -0.860. The molecule has 0 fully saturated rings. The van der Waals surface area contributed by atoms with Crippen molar-refractivity contribution in [2.45, 2.75) is 44.0 Å². The van der Waals surface area contributed by atoms with Crippen molar-refractivity contribution < 1.29 is 22.7 Å². The lowest BCUT2D eigenvalue weighted by atomic mass is 10.2. The third-order valence-electron chi connectivity index (χ3n) is 2.50. The maximum Gasteiger partial charge on any atom is 0.371 e. The molecule has 0 spiro atoms. The predicted molar refractivity (Wildman–Crippen MR) is 72.7 cm³/mol. The molecule has 2 N–H and O–H groups in total. The van der Waals surface area contributed by atoms with Gasteiger partial charge < -0.3 is 9.52 Å². The van der Waals surface area contributed by atoms with E-state index in [1.807, 2.05) is 6.92 Å². The number of hydrogen-bond acceptors (Lipinski definition) is 4. The molecule has 0 saturated heterocycles. The molecule has 0 radical (unpaired) electrons. The van der Waals surface area contributed by atoms with Crippen molar-refractivity contribution in [3.05, 3.63) is 16.5 Å². The molecule has 0 aliphatic rings. The van der Waals surface area contributed by atoms with Crippen molar-refractivity contribution in [3.8, 4) is 0 Å². The minimum Gasteiger partial charge on any atom is -0.475 e. The van der Waals surface area contributed by atoms with E-state index in [4.69, 9.17) is 9.52 Å². The van der Waals surface area contributed by atoms with Crippen LogP contribution in [0.4, 0.5) is 0 Å². The highest BCUT2D eigenvalue weighted by molar-refractivity contribution is 9.10. The summed E-state index contributed by atoms with van der Waals surface area (Å²) >= 11 is 2.91. The molecule has 1 heterocycles. The standard InChI is InChI=1S/C11H16BrNO5S/c1-3-4-5-7(2)13-19(16,17)9-6-8(11(14)15)18-10(9)12/h6-7,13H,3-5H2,1-2H3,(H,14,15). The van der Waals surface area contributed by atoms with Gasteiger partial charge in [0.25, 0.3) is 0 Å². The zero-order valence-corrected chi connectivity index (χ0v) is 13.0. The van der Waals surface area contributed by atoms with Gasteiger partial charge in [0.05, 0.1) is 0 Å². The van der Waals surface area contributed by atoms with Gasteiger partial charge in [0.2, 0.25) is 15.8 Å². The third kappa shape index (κ3) is 4.32.